The highest BCUT2D eigenvalue weighted by molar-refractivity contribution is 5.89. The van der Waals surface area contributed by atoms with Gasteiger partial charge in [0.15, 0.2) is 23.0 Å². The van der Waals surface area contributed by atoms with Gasteiger partial charge in [0, 0.05) is 17.7 Å². The number of benzene rings is 2. The van der Waals surface area contributed by atoms with Crippen molar-refractivity contribution in [3.8, 4) is 34.3 Å². The molecule has 2 heterocycles. The zero-order valence-electron chi connectivity index (χ0n) is 21.6. The molecule has 0 radical (unpaired) electrons. The molecule has 1 saturated heterocycles. The van der Waals surface area contributed by atoms with Crippen molar-refractivity contribution in [1.82, 2.24) is 0 Å². The lowest BCUT2D eigenvalue weighted by Crippen LogP contribution is -2.61. The van der Waals surface area contributed by atoms with Gasteiger partial charge in [0.2, 0.25) is 12.0 Å². The largest absolute Gasteiger partial charge is 0.504 e. The summed E-state index contributed by atoms with van der Waals surface area (Å²) >= 11 is 0. The summed E-state index contributed by atoms with van der Waals surface area (Å²) in [6.45, 7) is 0. The van der Waals surface area contributed by atoms with Crippen LogP contribution in [-0.4, -0.2) is 75.4 Å². The van der Waals surface area contributed by atoms with Gasteiger partial charge in [-0.05, 0) is 49.9 Å². The molecule has 12 nitrogen and oxygen atoms in total. The molecule has 0 spiro atoms. The first-order valence-corrected chi connectivity index (χ1v) is 12.9. The second-order valence-corrected chi connectivity index (χ2v) is 9.86. The van der Waals surface area contributed by atoms with E-state index in [9.17, 15) is 35.1 Å². The predicted molar refractivity (Wildman–Crippen MR) is 139 cm³/mol. The molecule has 5 rings (SSSR count). The minimum Gasteiger partial charge on any atom is -0.504 e. The Morgan fingerprint density at radius 2 is 1.65 bits per heavy atom. The maximum Gasteiger partial charge on any atom is 0.335 e. The number of hydrogen-bond donors (Lipinski definition) is 5. The number of ether oxygens (including phenoxy) is 4. The number of carbonyl (C=O) groups is 1. The van der Waals surface area contributed by atoms with E-state index in [2.05, 4.69) is 0 Å². The number of rotatable bonds is 7. The van der Waals surface area contributed by atoms with Crippen LogP contribution in [0.3, 0.4) is 0 Å². The van der Waals surface area contributed by atoms with E-state index in [4.69, 9.17) is 23.4 Å². The molecule has 1 aliphatic carbocycles. The molecule has 0 amide bonds. The van der Waals surface area contributed by atoms with Crippen molar-refractivity contribution >= 4 is 16.9 Å². The van der Waals surface area contributed by atoms with Gasteiger partial charge in [-0.2, -0.15) is 0 Å². The molecule has 12 heteroatoms. The number of carboxylic acid groups (broad SMARTS) is 1. The van der Waals surface area contributed by atoms with Crippen LogP contribution < -0.4 is 19.6 Å². The van der Waals surface area contributed by atoms with Crippen LogP contribution in [0.15, 0.2) is 45.6 Å². The highest BCUT2D eigenvalue weighted by atomic mass is 16.7. The molecular formula is C28H30O12. The van der Waals surface area contributed by atoms with Crippen LogP contribution in [0.2, 0.25) is 0 Å². The minimum atomic E-state index is -1.92. The van der Waals surface area contributed by atoms with Crippen LogP contribution >= 0.6 is 0 Å². The van der Waals surface area contributed by atoms with Crippen molar-refractivity contribution in [1.29, 1.82) is 0 Å². The molecule has 214 valence electrons. The van der Waals surface area contributed by atoms with Gasteiger partial charge >= 0.3 is 5.97 Å². The standard InChI is InChI=1S/C28H30O12/c1-36-14-9-7-13(8-10-14)17-11-16(29)20-18(38-17)12-19(25(21(20)30)37-15-5-3-2-4-6-15)39-28-24(33)22(31)23(32)26(40-28)27(34)35/h7-12,15,22-24,26,28,30-33H,2-6H2,1H3,(H,34,35)/t22-,23+,24-,26+,28-/m1/s1. The monoisotopic (exact) mass is 558 g/mol. The van der Waals surface area contributed by atoms with Gasteiger partial charge in [0.05, 0.1) is 13.2 Å². The minimum absolute atomic E-state index is 0.0810. The van der Waals surface area contributed by atoms with Gasteiger partial charge in [0.25, 0.3) is 0 Å². The fourth-order valence-electron chi connectivity index (χ4n) is 4.98. The Labute approximate surface area is 227 Å². The van der Waals surface area contributed by atoms with Gasteiger partial charge in [-0.25, -0.2) is 4.79 Å². The van der Waals surface area contributed by atoms with E-state index in [-0.39, 0.29) is 34.3 Å². The fraction of sp³-hybridized carbons (Fsp3) is 0.429. The van der Waals surface area contributed by atoms with Crippen LogP contribution in [0, 0.1) is 0 Å². The third kappa shape index (κ3) is 5.30. The molecule has 1 aromatic heterocycles. The van der Waals surface area contributed by atoms with E-state index < -0.39 is 47.9 Å². The van der Waals surface area contributed by atoms with Crippen molar-refractivity contribution in [2.75, 3.05) is 7.11 Å². The lowest BCUT2D eigenvalue weighted by atomic mass is 9.97. The molecule has 5 atom stereocenters. The maximum atomic E-state index is 13.2. The van der Waals surface area contributed by atoms with E-state index in [1.807, 2.05) is 0 Å². The predicted octanol–water partition coefficient (Wildman–Crippen LogP) is 2.16. The molecule has 2 aromatic carbocycles. The van der Waals surface area contributed by atoms with E-state index >= 15 is 0 Å². The van der Waals surface area contributed by atoms with E-state index in [0.717, 1.165) is 19.3 Å². The van der Waals surface area contributed by atoms with Gasteiger partial charge in [-0.15, -0.1) is 0 Å². The van der Waals surface area contributed by atoms with Crippen molar-refractivity contribution in [3.63, 3.8) is 0 Å². The molecule has 2 fully saturated rings. The molecule has 40 heavy (non-hydrogen) atoms. The van der Waals surface area contributed by atoms with Crippen LogP contribution in [0.4, 0.5) is 0 Å². The smallest absolute Gasteiger partial charge is 0.335 e. The third-order valence-electron chi connectivity index (χ3n) is 7.18. The Balaban J connectivity index is 1.60. The van der Waals surface area contributed by atoms with E-state index in [1.54, 1.807) is 24.3 Å². The number of phenols is 1. The van der Waals surface area contributed by atoms with Crippen molar-refractivity contribution < 1.29 is 53.7 Å². The Morgan fingerprint density at radius 1 is 0.950 bits per heavy atom. The molecule has 1 saturated carbocycles. The zero-order valence-corrected chi connectivity index (χ0v) is 21.6. The summed E-state index contributed by atoms with van der Waals surface area (Å²) in [5.41, 5.74) is -0.0812. The van der Waals surface area contributed by atoms with E-state index in [0.29, 0.717) is 24.2 Å². The van der Waals surface area contributed by atoms with Crippen LogP contribution in [0.5, 0.6) is 23.0 Å². The number of aliphatic hydroxyl groups is 3. The SMILES string of the molecule is COc1ccc(-c2cc(=O)c3c(O)c(OC4CCCCC4)c(O[C@@H]4O[C@H](C(=O)O)[C@@H](O)[C@@H](O)[C@H]4O)cc3o2)cc1. The molecule has 5 N–H and O–H groups in total. The quantitative estimate of drug-likeness (QED) is 0.285. The Kier molecular flexibility index (Phi) is 7.86. The average molecular weight is 559 g/mol. The number of methoxy groups -OCH3 is 1. The lowest BCUT2D eigenvalue weighted by Gasteiger charge is -2.38. The van der Waals surface area contributed by atoms with E-state index in [1.165, 1.54) is 19.2 Å². The Morgan fingerprint density at radius 3 is 2.30 bits per heavy atom. The first kappa shape index (κ1) is 27.7. The van der Waals surface area contributed by atoms with Gasteiger partial charge in [-0.1, -0.05) is 6.42 Å². The van der Waals surface area contributed by atoms with Crippen molar-refractivity contribution in [2.24, 2.45) is 0 Å². The third-order valence-corrected chi connectivity index (χ3v) is 7.18. The highest BCUT2D eigenvalue weighted by Crippen LogP contribution is 2.45. The summed E-state index contributed by atoms with van der Waals surface area (Å²) in [6.07, 6.45) is -5.45. The van der Waals surface area contributed by atoms with Gasteiger partial charge in [0.1, 0.15) is 40.8 Å². The molecule has 2 aliphatic rings. The average Bonchev–Trinajstić information content (AvgIpc) is 2.95. The molecule has 0 unspecified atom stereocenters. The molecule has 1 aliphatic heterocycles. The summed E-state index contributed by atoms with van der Waals surface area (Å²) < 4.78 is 28.2. The summed E-state index contributed by atoms with van der Waals surface area (Å²) in [5.74, 6) is -1.79. The number of hydrogen-bond acceptors (Lipinski definition) is 11. The zero-order chi connectivity index (χ0) is 28.6. The normalized spacial score (nSPS) is 25.4. The van der Waals surface area contributed by atoms with Crippen molar-refractivity contribution in [2.45, 2.75) is 68.9 Å². The van der Waals surface area contributed by atoms with Crippen LogP contribution in [0.25, 0.3) is 22.3 Å². The summed E-state index contributed by atoms with van der Waals surface area (Å²) in [5, 5.41) is 51.2. The number of aliphatic carboxylic acids is 1. The number of carboxylic acids is 1. The lowest BCUT2D eigenvalue weighted by molar-refractivity contribution is -0.271. The topological polar surface area (TPSA) is 185 Å². The molecule has 0 bridgehead atoms. The molecule has 3 aromatic rings. The second-order valence-electron chi connectivity index (χ2n) is 9.86. The number of fused-ring (bicyclic) bond motifs is 1. The number of aliphatic hydroxyl groups excluding tert-OH is 3. The van der Waals surface area contributed by atoms with Crippen molar-refractivity contribution in [3.05, 3.63) is 46.6 Å². The summed E-state index contributed by atoms with van der Waals surface area (Å²) in [4.78, 5) is 24.7. The van der Waals surface area contributed by atoms with Gasteiger partial charge in [-0.3, -0.25) is 4.79 Å². The van der Waals surface area contributed by atoms with Crippen LogP contribution in [-0.2, 0) is 9.53 Å². The first-order valence-electron chi connectivity index (χ1n) is 12.9. The molecular weight excluding hydrogens is 528 g/mol. The Bertz CT molecular complexity index is 1430. The summed E-state index contributed by atoms with van der Waals surface area (Å²) in [6, 6.07) is 9.25. The van der Waals surface area contributed by atoms with Crippen LogP contribution in [0.1, 0.15) is 32.1 Å². The summed E-state index contributed by atoms with van der Waals surface area (Å²) in [7, 11) is 1.52. The Hall–Kier alpha value is -3.84. The highest BCUT2D eigenvalue weighted by Gasteiger charge is 2.48. The second kappa shape index (κ2) is 11.3. The fourth-order valence-corrected chi connectivity index (χ4v) is 4.98. The maximum absolute atomic E-state index is 13.2. The van der Waals surface area contributed by atoms with Gasteiger partial charge < -0.3 is 48.9 Å². The number of phenolic OH excluding ortho intramolecular Hbond substituents is 1. The first-order chi connectivity index (χ1) is 19.2. The number of aromatic hydroxyl groups is 1.